The summed E-state index contributed by atoms with van der Waals surface area (Å²) in [6, 6.07) is 10.1. The van der Waals surface area contributed by atoms with Crippen LogP contribution in [-0.2, 0) is 11.2 Å². The van der Waals surface area contributed by atoms with Gasteiger partial charge >= 0.3 is 0 Å². The molecule has 0 fully saturated rings. The van der Waals surface area contributed by atoms with Crippen molar-refractivity contribution in [3.05, 3.63) is 35.4 Å². The molecule has 0 spiro atoms. The maximum absolute atomic E-state index is 11.3. The predicted molar refractivity (Wildman–Crippen MR) is 62.8 cm³/mol. The Bertz CT molecular complexity index is 407. The van der Waals surface area contributed by atoms with E-state index in [1.165, 1.54) is 11.1 Å². The van der Waals surface area contributed by atoms with Crippen molar-refractivity contribution in [3.8, 4) is 6.07 Å². The van der Waals surface area contributed by atoms with Gasteiger partial charge in [-0.1, -0.05) is 29.8 Å². The third-order valence-electron chi connectivity index (χ3n) is 2.47. The minimum absolute atomic E-state index is 0.0374. The number of hydrogen-bond acceptors (Lipinski definition) is 2. The van der Waals surface area contributed by atoms with Crippen molar-refractivity contribution in [3.63, 3.8) is 0 Å². The predicted octanol–water partition coefficient (Wildman–Crippen LogP) is 1.91. The van der Waals surface area contributed by atoms with E-state index in [0.29, 0.717) is 6.54 Å². The van der Waals surface area contributed by atoms with E-state index >= 15 is 0 Å². The Balaban J connectivity index is 2.46. The van der Waals surface area contributed by atoms with E-state index in [1.54, 1.807) is 11.9 Å². The van der Waals surface area contributed by atoms with Crippen molar-refractivity contribution in [2.75, 3.05) is 13.6 Å². The highest BCUT2D eigenvalue weighted by molar-refractivity contribution is 5.77. The first-order chi connectivity index (χ1) is 7.63. The molecule has 1 aromatic carbocycles. The molecular formula is C13H16N2O. The summed E-state index contributed by atoms with van der Waals surface area (Å²) in [6.45, 7) is 2.71. The molecule has 0 unspecified atom stereocenters. The number of amides is 1. The summed E-state index contributed by atoms with van der Waals surface area (Å²) in [5.41, 5.74) is 2.44. The maximum atomic E-state index is 11.3. The molecule has 3 nitrogen and oxygen atoms in total. The van der Waals surface area contributed by atoms with Crippen LogP contribution in [0, 0.1) is 18.3 Å². The smallest absolute Gasteiger partial charge is 0.236 e. The normalized spacial score (nSPS) is 9.56. The highest BCUT2D eigenvalue weighted by atomic mass is 16.2. The lowest BCUT2D eigenvalue weighted by molar-refractivity contribution is -0.128. The molecule has 0 saturated heterocycles. The molecule has 0 aliphatic carbocycles. The van der Waals surface area contributed by atoms with Crippen LogP contribution in [0.1, 0.15) is 17.5 Å². The number of aryl methyl sites for hydroxylation is 1. The van der Waals surface area contributed by atoms with Gasteiger partial charge in [0.05, 0.1) is 6.07 Å². The van der Waals surface area contributed by atoms with Crippen LogP contribution >= 0.6 is 0 Å². The number of carbonyl (C=O) groups is 1. The summed E-state index contributed by atoms with van der Waals surface area (Å²) in [5, 5.41) is 8.41. The fraction of sp³-hybridized carbons (Fsp3) is 0.385. The van der Waals surface area contributed by atoms with Crippen molar-refractivity contribution in [2.24, 2.45) is 0 Å². The Morgan fingerprint density at radius 3 is 2.88 bits per heavy atom. The number of nitriles is 1. The van der Waals surface area contributed by atoms with Crippen LogP contribution in [0.5, 0.6) is 0 Å². The van der Waals surface area contributed by atoms with Gasteiger partial charge in [0, 0.05) is 13.6 Å². The molecule has 0 aromatic heterocycles. The Labute approximate surface area is 96.3 Å². The fourth-order valence-electron chi connectivity index (χ4n) is 1.49. The molecule has 0 N–H and O–H groups in total. The number of carbonyl (C=O) groups excluding carboxylic acids is 1. The molecule has 0 aliphatic heterocycles. The van der Waals surface area contributed by atoms with Gasteiger partial charge in [0.2, 0.25) is 5.91 Å². The zero-order chi connectivity index (χ0) is 12.0. The quantitative estimate of drug-likeness (QED) is 0.771. The average molecular weight is 216 g/mol. The molecule has 1 amide bonds. The third-order valence-corrected chi connectivity index (χ3v) is 2.47. The first-order valence-electron chi connectivity index (χ1n) is 5.30. The standard InChI is InChI=1S/C13H16N2O/c1-11-4-3-5-12(10-11)7-9-15(2)13(16)6-8-14/h3-5,10H,6-7,9H2,1-2H3. The van der Waals surface area contributed by atoms with Crippen LogP contribution in [0.4, 0.5) is 0 Å². The van der Waals surface area contributed by atoms with E-state index in [9.17, 15) is 4.79 Å². The van der Waals surface area contributed by atoms with Gasteiger partial charge in [0.15, 0.2) is 0 Å². The highest BCUT2D eigenvalue weighted by Gasteiger charge is 2.07. The van der Waals surface area contributed by atoms with Gasteiger partial charge in [0.1, 0.15) is 6.42 Å². The van der Waals surface area contributed by atoms with Crippen LogP contribution in [-0.4, -0.2) is 24.4 Å². The van der Waals surface area contributed by atoms with Gasteiger partial charge in [-0.05, 0) is 18.9 Å². The average Bonchev–Trinajstić information content (AvgIpc) is 2.26. The maximum Gasteiger partial charge on any atom is 0.236 e. The van der Waals surface area contributed by atoms with Crippen LogP contribution < -0.4 is 0 Å². The zero-order valence-electron chi connectivity index (χ0n) is 9.73. The number of benzene rings is 1. The lowest BCUT2D eigenvalue weighted by Crippen LogP contribution is -2.28. The summed E-state index contributed by atoms with van der Waals surface area (Å²) in [5.74, 6) is -0.116. The van der Waals surface area contributed by atoms with Crippen LogP contribution in [0.25, 0.3) is 0 Å². The lowest BCUT2D eigenvalue weighted by Gasteiger charge is -2.15. The van der Waals surface area contributed by atoms with Gasteiger partial charge in [0.25, 0.3) is 0 Å². The monoisotopic (exact) mass is 216 g/mol. The summed E-state index contributed by atoms with van der Waals surface area (Å²) in [6.07, 6.45) is 0.791. The summed E-state index contributed by atoms with van der Waals surface area (Å²) < 4.78 is 0. The van der Waals surface area contributed by atoms with Crippen molar-refractivity contribution in [1.29, 1.82) is 5.26 Å². The van der Waals surface area contributed by atoms with E-state index in [4.69, 9.17) is 5.26 Å². The number of likely N-dealkylation sites (N-methyl/N-ethyl adjacent to an activating group) is 1. The molecule has 0 atom stereocenters. The molecule has 0 heterocycles. The number of nitrogens with zero attached hydrogens (tertiary/aromatic N) is 2. The second-order valence-electron chi connectivity index (χ2n) is 3.89. The SMILES string of the molecule is Cc1cccc(CCN(C)C(=O)CC#N)c1. The van der Waals surface area contributed by atoms with Crippen molar-refractivity contribution >= 4 is 5.91 Å². The van der Waals surface area contributed by atoms with Gasteiger partial charge in [-0.25, -0.2) is 0 Å². The van der Waals surface area contributed by atoms with E-state index in [-0.39, 0.29) is 12.3 Å². The van der Waals surface area contributed by atoms with Crippen LogP contribution in [0.3, 0.4) is 0 Å². The van der Waals surface area contributed by atoms with E-state index in [2.05, 4.69) is 12.1 Å². The third kappa shape index (κ3) is 3.74. The van der Waals surface area contributed by atoms with Gasteiger partial charge in [-0.15, -0.1) is 0 Å². The minimum atomic E-state index is -0.116. The molecule has 1 aromatic rings. The second-order valence-corrected chi connectivity index (χ2v) is 3.89. The Morgan fingerprint density at radius 1 is 1.50 bits per heavy atom. The summed E-state index contributed by atoms with van der Waals surface area (Å²) in [4.78, 5) is 12.9. The van der Waals surface area contributed by atoms with Crippen molar-refractivity contribution in [2.45, 2.75) is 19.8 Å². The Kier molecular flexibility index (Phi) is 4.53. The Morgan fingerprint density at radius 2 is 2.25 bits per heavy atom. The van der Waals surface area contributed by atoms with Gasteiger partial charge in [-0.3, -0.25) is 4.79 Å². The highest BCUT2D eigenvalue weighted by Crippen LogP contribution is 2.05. The first-order valence-corrected chi connectivity index (χ1v) is 5.30. The van der Waals surface area contributed by atoms with Gasteiger partial charge < -0.3 is 4.90 Å². The number of rotatable bonds is 4. The second kappa shape index (κ2) is 5.92. The molecule has 0 bridgehead atoms. The van der Waals surface area contributed by atoms with Gasteiger partial charge in [-0.2, -0.15) is 5.26 Å². The molecule has 16 heavy (non-hydrogen) atoms. The number of hydrogen-bond donors (Lipinski definition) is 0. The Hall–Kier alpha value is -1.82. The first kappa shape index (κ1) is 12.3. The van der Waals surface area contributed by atoms with Crippen molar-refractivity contribution < 1.29 is 4.79 Å². The lowest BCUT2D eigenvalue weighted by atomic mass is 10.1. The zero-order valence-corrected chi connectivity index (χ0v) is 9.73. The van der Waals surface area contributed by atoms with Crippen molar-refractivity contribution in [1.82, 2.24) is 4.90 Å². The molecule has 84 valence electrons. The molecule has 3 heteroatoms. The van der Waals surface area contributed by atoms with Crippen LogP contribution in [0.15, 0.2) is 24.3 Å². The summed E-state index contributed by atoms with van der Waals surface area (Å²) in [7, 11) is 1.73. The largest absolute Gasteiger partial charge is 0.345 e. The molecular weight excluding hydrogens is 200 g/mol. The topological polar surface area (TPSA) is 44.1 Å². The van der Waals surface area contributed by atoms with E-state index in [0.717, 1.165) is 6.42 Å². The van der Waals surface area contributed by atoms with Crippen LogP contribution in [0.2, 0.25) is 0 Å². The molecule has 1 rings (SSSR count). The fourth-order valence-corrected chi connectivity index (χ4v) is 1.49. The molecule has 0 radical (unpaired) electrons. The minimum Gasteiger partial charge on any atom is -0.345 e. The molecule has 0 saturated carbocycles. The van der Waals surface area contributed by atoms with E-state index in [1.807, 2.05) is 25.1 Å². The summed E-state index contributed by atoms with van der Waals surface area (Å²) >= 11 is 0. The van der Waals surface area contributed by atoms with E-state index < -0.39 is 0 Å². The molecule has 0 aliphatic rings.